The van der Waals surface area contributed by atoms with Gasteiger partial charge in [-0.25, -0.2) is 4.68 Å². The Morgan fingerprint density at radius 1 is 1.44 bits per heavy atom. The zero-order valence-electron chi connectivity index (χ0n) is 10.5. The Balaban J connectivity index is 2.00. The Bertz CT molecular complexity index is 509. The lowest BCUT2D eigenvalue weighted by Gasteiger charge is -2.04. The van der Waals surface area contributed by atoms with Gasteiger partial charge in [-0.2, -0.15) is 0 Å². The molecule has 0 aliphatic carbocycles. The highest BCUT2D eigenvalue weighted by Crippen LogP contribution is 2.14. The molecule has 0 saturated carbocycles. The van der Waals surface area contributed by atoms with Gasteiger partial charge in [0, 0.05) is 25.0 Å². The van der Waals surface area contributed by atoms with E-state index < -0.39 is 0 Å². The van der Waals surface area contributed by atoms with E-state index in [9.17, 15) is 0 Å². The highest BCUT2D eigenvalue weighted by atomic mass is 35.5. The van der Waals surface area contributed by atoms with E-state index in [-0.39, 0.29) is 0 Å². The molecule has 0 aromatic carbocycles. The molecule has 0 saturated heterocycles. The van der Waals surface area contributed by atoms with Crippen LogP contribution in [0.5, 0.6) is 0 Å². The number of hydrogen-bond donors (Lipinski definition) is 1. The van der Waals surface area contributed by atoms with E-state index in [1.54, 1.807) is 17.1 Å². The Hall–Kier alpha value is -1.46. The van der Waals surface area contributed by atoms with Crippen LogP contribution in [0.25, 0.3) is 0 Å². The summed E-state index contributed by atoms with van der Waals surface area (Å²) in [5, 5.41) is 12.1. The fourth-order valence-electron chi connectivity index (χ4n) is 1.51. The summed E-state index contributed by atoms with van der Waals surface area (Å²) < 4.78 is 1.78. The van der Waals surface area contributed by atoms with E-state index in [2.05, 4.69) is 34.5 Å². The summed E-state index contributed by atoms with van der Waals surface area (Å²) in [5.41, 5.74) is 1.91. The molecule has 0 unspecified atom stereocenters. The quantitative estimate of drug-likeness (QED) is 0.897. The lowest BCUT2D eigenvalue weighted by atomic mass is 10.3. The maximum atomic E-state index is 6.05. The Labute approximate surface area is 111 Å². The maximum absolute atomic E-state index is 6.05. The summed E-state index contributed by atoms with van der Waals surface area (Å²) in [6, 6.07) is 2.32. The topological polar surface area (TPSA) is 55.6 Å². The molecule has 0 bridgehead atoms. The lowest BCUT2D eigenvalue weighted by Crippen LogP contribution is -2.21. The van der Waals surface area contributed by atoms with Crippen LogP contribution in [-0.4, -0.2) is 26.0 Å². The number of halogens is 1. The molecule has 96 valence electrons. The van der Waals surface area contributed by atoms with Crippen LogP contribution in [0.3, 0.4) is 0 Å². The fourth-order valence-corrected chi connectivity index (χ4v) is 1.69. The normalized spacial score (nSPS) is 11.1. The van der Waals surface area contributed by atoms with Gasteiger partial charge in [0.1, 0.15) is 0 Å². The van der Waals surface area contributed by atoms with E-state index in [4.69, 9.17) is 11.6 Å². The maximum Gasteiger partial charge on any atom is 0.0965 e. The molecule has 0 fully saturated rings. The molecule has 0 aliphatic heterocycles. The summed E-state index contributed by atoms with van der Waals surface area (Å²) in [6.45, 7) is 5.53. The van der Waals surface area contributed by atoms with Crippen molar-refractivity contribution in [2.45, 2.75) is 33.0 Å². The van der Waals surface area contributed by atoms with Crippen LogP contribution in [0, 0.1) is 0 Å². The standard InChI is InChI=1S/C12H16ClN5/c1-9(2)15-5-11-8-18(17-16-11)7-10-3-4-14-6-12(10)13/h3-4,6,8-9,15H,5,7H2,1-2H3. The Morgan fingerprint density at radius 3 is 3.00 bits per heavy atom. The summed E-state index contributed by atoms with van der Waals surface area (Å²) in [4.78, 5) is 3.95. The Morgan fingerprint density at radius 2 is 2.28 bits per heavy atom. The van der Waals surface area contributed by atoms with Crippen molar-refractivity contribution in [1.82, 2.24) is 25.3 Å². The first-order valence-electron chi connectivity index (χ1n) is 5.86. The summed E-state index contributed by atoms with van der Waals surface area (Å²) in [6.07, 6.45) is 5.28. The van der Waals surface area contributed by atoms with Gasteiger partial charge in [-0.3, -0.25) is 4.98 Å². The number of nitrogens with one attached hydrogen (secondary N) is 1. The van der Waals surface area contributed by atoms with Crippen molar-refractivity contribution in [3.8, 4) is 0 Å². The molecule has 2 aromatic rings. The van der Waals surface area contributed by atoms with Crippen molar-refractivity contribution >= 4 is 11.6 Å². The van der Waals surface area contributed by atoms with Crippen molar-refractivity contribution in [2.24, 2.45) is 0 Å². The van der Waals surface area contributed by atoms with E-state index in [0.717, 1.165) is 17.8 Å². The molecule has 0 aliphatic rings. The van der Waals surface area contributed by atoms with Crippen LogP contribution >= 0.6 is 11.6 Å². The van der Waals surface area contributed by atoms with Gasteiger partial charge in [-0.05, 0) is 11.6 Å². The van der Waals surface area contributed by atoms with Crippen molar-refractivity contribution in [3.05, 3.63) is 40.9 Å². The van der Waals surface area contributed by atoms with E-state index in [1.165, 1.54) is 0 Å². The number of rotatable bonds is 5. The Kier molecular flexibility index (Phi) is 4.28. The highest BCUT2D eigenvalue weighted by Gasteiger charge is 2.04. The minimum Gasteiger partial charge on any atom is -0.309 e. The van der Waals surface area contributed by atoms with Crippen molar-refractivity contribution in [3.63, 3.8) is 0 Å². The molecular formula is C12H16ClN5. The molecule has 5 nitrogen and oxygen atoms in total. The monoisotopic (exact) mass is 265 g/mol. The van der Waals surface area contributed by atoms with E-state index >= 15 is 0 Å². The molecule has 0 atom stereocenters. The second-order valence-corrected chi connectivity index (χ2v) is 4.82. The molecule has 1 N–H and O–H groups in total. The third-order valence-corrected chi connectivity index (χ3v) is 2.81. The first-order valence-corrected chi connectivity index (χ1v) is 6.23. The average molecular weight is 266 g/mol. The first kappa shape index (κ1) is 13.0. The summed E-state index contributed by atoms with van der Waals surface area (Å²) in [5.74, 6) is 0. The minimum absolute atomic E-state index is 0.435. The molecular weight excluding hydrogens is 250 g/mol. The van der Waals surface area contributed by atoms with Gasteiger partial charge in [-0.15, -0.1) is 5.10 Å². The fraction of sp³-hybridized carbons (Fsp3) is 0.417. The van der Waals surface area contributed by atoms with Crippen LogP contribution in [-0.2, 0) is 13.1 Å². The SMILES string of the molecule is CC(C)NCc1cn(Cc2ccncc2Cl)nn1. The van der Waals surface area contributed by atoms with Gasteiger partial charge in [0.05, 0.1) is 23.5 Å². The van der Waals surface area contributed by atoms with Gasteiger partial charge in [0.2, 0.25) is 0 Å². The molecule has 2 rings (SSSR count). The largest absolute Gasteiger partial charge is 0.309 e. The molecule has 0 amide bonds. The van der Waals surface area contributed by atoms with E-state index in [1.807, 2.05) is 12.3 Å². The van der Waals surface area contributed by atoms with Crippen LogP contribution < -0.4 is 5.32 Å². The van der Waals surface area contributed by atoms with Crippen LogP contribution in [0.2, 0.25) is 5.02 Å². The molecule has 6 heteroatoms. The number of hydrogen-bond acceptors (Lipinski definition) is 4. The number of pyridine rings is 1. The number of aromatic nitrogens is 4. The average Bonchev–Trinajstić information content (AvgIpc) is 2.77. The van der Waals surface area contributed by atoms with Gasteiger partial charge in [0.25, 0.3) is 0 Å². The lowest BCUT2D eigenvalue weighted by molar-refractivity contribution is 0.580. The third-order valence-electron chi connectivity index (χ3n) is 2.47. The third kappa shape index (κ3) is 3.51. The first-order chi connectivity index (χ1) is 8.65. The summed E-state index contributed by atoms with van der Waals surface area (Å²) in [7, 11) is 0. The highest BCUT2D eigenvalue weighted by molar-refractivity contribution is 6.31. The zero-order chi connectivity index (χ0) is 13.0. The molecule has 0 radical (unpaired) electrons. The van der Waals surface area contributed by atoms with Gasteiger partial charge < -0.3 is 5.32 Å². The van der Waals surface area contributed by atoms with Crippen LogP contribution in [0.15, 0.2) is 24.7 Å². The van der Waals surface area contributed by atoms with Gasteiger partial charge >= 0.3 is 0 Å². The molecule has 2 heterocycles. The molecule has 18 heavy (non-hydrogen) atoms. The van der Waals surface area contributed by atoms with Gasteiger partial charge in [0.15, 0.2) is 0 Å². The molecule has 2 aromatic heterocycles. The van der Waals surface area contributed by atoms with Crippen molar-refractivity contribution in [2.75, 3.05) is 0 Å². The predicted molar refractivity (Wildman–Crippen MR) is 70.3 cm³/mol. The summed E-state index contributed by atoms with van der Waals surface area (Å²) >= 11 is 6.05. The second-order valence-electron chi connectivity index (χ2n) is 4.41. The molecule has 0 spiro atoms. The minimum atomic E-state index is 0.435. The van der Waals surface area contributed by atoms with Crippen LogP contribution in [0.4, 0.5) is 0 Å². The number of nitrogens with zero attached hydrogens (tertiary/aromatic N) is 4. The predicted octanol–water partition coefficient (Wildman–Crippen LogP) is 1.87. The second kappa shape index (κ2) is 5.93. The van der Waals surface area contributed by atoms with E-state index in [0.29, 0.717) is 17.6 Å². The van der Waals surface area contributed by atoms with Crippen molar-refractivity contribution < 1.29 is 0 Å². The van der Waals surface area contributed by atoms with Crippen molar-refractivity contribution in [1.29, 1.82) is 0 Å². The van der Waals surface area contributed by atoms with Gasteiger partial charge in [-0.1, -0.05) is 30.7 Å². The zero-order valence-corrected chi connectivity index (χ0v) is 11.2. The van der Waals surface area contributed by atoms with Crippen LogP contribution in [0.1, 0.15) is 25.1 Å². The smallest absolute Gasteiger partial charge is 0.0965 e.